The largest absolute Gasteiger partial charge is 0.479 e. The summed E-state index contributed by atoms with van der Waals surface area (Å²) in [4.78, 5) is 26.1. The molecule has 1 saturated heterocycles. The van der Waals surface area contributed by atoms with Crippen molar-refractivity contribution < 1.29 is 19.1 Å². The summed E-state index contributed by atoms with van der Waals surface area (Å²) in [6.07, 6.45) is 0. The number of hydrogen-bond acceptors (Lipinski definition) is 6. The first kappa shape index (κ1) is 17.1. The van der Waals surface area contributed by atoms with E-state index in [2.05, 4.69) is 36.6 Å². The first-order valence-corrected chi connectivity index (χ1v) is 9.64. The molecular formula is C12H13Br2NO4S2. The highest BCUT2D eigenvalue weighted by Gasteiger charge is 2.27. The van der Waals surface area contributed by atoms with Crippen LogP contribution in [0, 0.1) is 0 Å². The lowest BCUT2D eigenvalue weighted by molar-refractivity contribution is -0.142. The van der Waals surface area contributed by atoms with E-state index in [1.165, 1.54) is 18.4 Å². The fraction of sp³-hybridized carbons (Fsp3) is 0.500. The highest BCUT2D eigenvalue weighted by Crippen LogP contribution is 2.43. The molecule has 2 heterocycles. The molecule has 0 aromatic carbocycles. The number of amides is 1. The lowest BCUT2D eigenvalue weighted by Crippen LogP contribution is -2.37. The molecule has 0 atom stereocenters. The molecule has 0 saturated carbocycles. The van der Waals surface area contributed by atoms with Crippen molar-refractivity contribution in [3.8, 4) is 5.75 Å². The van der Waals surface area contributed by atoms with Gasteiger partial charge < -0.3 is 14.4 Å². The number of thiophene rings is 1. The van der Waals surface area contributed by atoms with Crippen LogP contribution in [0.25, 0.3) is 0 Å². The van der Waals surface area contributed by atoms with Gasteiger partial charge in [0, 0.05) is 24.6 Å². The zero-order chi connectivity index (χ0) is 15.4. The second kappa shape index (κ2) is 7.85. The predicted molar refractivity (Wildman–Crippen MR) is 90.5 cm³/mol. The lowest BCUT2D eigenvalue weighted by Gasteiger charge is -2.26. The Balaban J connectivity index is 2.19. The molecular weight excluding hydrogens is 446 g/mol. The van der Waals surface area contributed by atoms with Gasteiger partial charge >= 0.3 is 5.97 Å². The Bertz CT molecular complexity index is 544. The van der Waals surface area contributed by atoms with Crippen molar-refractivity contribution in [1.82, 2.24) is 4.90 Å². The fourth-order valence-corrected chi connectivity index (χ4v) is 4.83. The zero-order valence-corrected chi connectivity index (χ0v) is 16.0. The molecule has 1 aromatic heterocycles. The van der Waals surface area contributed by atoms with Crippen LogP contribution in [0.4, 0.5) is 0 Å². The summed E-state index contributed by atoms with van der Waals surface area (Å²) in [6.45, 7) is 1.23. The van der Waals surface area contributed by atoms with Gasteiger partial charge in [-0.05, 0) is 31.9 Å². The predicted octanol–water partition coefficient (Wildman–Crippen LogP) is 3.01. The standard InChI is InChI=1S/C12H13Br2NO4S2/c1-18-7(16)6-19-9-8(13)11(14)21-10(9)12(17)15-2-4-20-5-3-15/h2-6H2,1H3. The van der Waals surface area contributed by atoms with E-state index in [0.29, 0.717) is 15.1 Å². The molecule has 0 spiro atoms. The summed E-state index contributed by atoms with van der Waals surface area (Å²) in [7, 11) is 1.29. The van der Waals surface area contributed by atoms with Gasteiger partial charge in [0.2, 0.25) is 0 Å². The van der Waals surface area contributed by atoms with E-state index in [1.54, 1.807) is 0 Å². The van der Waals surface area contributed by atoms with Crippen LogP contribution in [0.5, 0.6) is 5.75 Å². The average Bonchev–Trinajstić information content (AvgIpc) is 2.80. The van der Waals surface area contributed by atoms with Gasteiger partial charge in [-0.15, -0.1) is 11.3 Å². The number of hydrogen-bond donors (Lipinski definition) is 0. The van der Waals surface area contributed by atoms with Crippen LogP contribution in [0.2, 0.25) is 0 Å². The molecule has 116 valence electrons. The number of carbonyl (C=O) groups is 2. The molecule has 1 aromatic rings. The van der Waals surface area contributed by atoms with Crippen molar-refractivity contribution in [2.75, 3.05) is 38.3 Å². The molecule has 1 fully saturated rings. The maximum Gasteiger partial charge on any atom is 0.343 e. The molecule has 21 heavy (non-hydrogen) atoms. The van der Waals surface area contributed by atoms with Gasteiger partial charge in [-0.2, -0.15) is 11.8 Å². The van der Waals surface area contributed by atoms with Crippen molar-refractivity contribution in [2.24, 2.45) is 0 Å². The minimum Gasteiger partial charge on any atom is -0.479 e. The molecule has 0 aliphatic carbocycles. The molecule has 0 N–H and O–H groups in total. The van der Waals surface area contributed by atoms with Gasteiger partial charge in [-0.1, -0.05) is 0 Å². The van der Waals surface area contributed by atoms with Crippen molar-refractivity contribution in [3.05, 3.63) is 13.1 Å². The Morgan fingerprint density at radius 1 is 1.29 bits per heavy atom. The third-order valence-corrected chi connectivity index (χ3v) is 7.15. The van der Waals surface area contributed by atoms with E-state index in [1.807, 2.05) is 16.7 Å². The quantitative estimate of drug-likeness (QED) is 0.649. The number of esters is 1. The van der Waals surface area contributed by atoms with E-state index in [-0.39, 0.29) is 12.5 Å². The number of thioether (sulfide) groups is 1. The summed E-state index contributed by atoms with van der Waals surface area (Å²) in [5.74, 6) is 1.72. The van der Waals surface area contributed by atoms with Crippen LogP contribution in [-0.4, -0.2) is 55.1 Å². The SMILES string of the molecule is COC(=O)COc1c(C(=O)N2CCSCC2)sc(Br)c1Br. The Morgan fingerprint density at radius 2 is 1.95 bits per heavy atom. The van der Waals surface area contributed by atoms with E-state index in [0.717, 1.165) is 28.4 Å². The Hall–Kier alpha value is -0.250. The molecule has 0 unspecified atom stereocenters. The topological polar surface area (TPSA) is 55.8 Å². The second-order valence-electron chi connectivity index (χ2n) is 4.12. The second-order valence-corrected chi connectivity index (χ2v) is 8.47. The summed E-state index contributed by atoms with van der Waals surface area (Å²) in [5.41, 5.74) is 0. The molecule has 1 aliphatic rings. The zero-order valence-electron chi connectivity index (χ0n) is 11.2. The lowest BCUT2D eigenvalue weighted by atomic mass is 10.3. The van der Waals surface area contributed by atoms with Crippen LogP contribution in [0.15, 0.2) is 8.26 Å². The average molecular weight is 459 g/mol. The molecule has 2 rings (SSSR count). The van der Waals surface area contributed by atoms with E-state index >= 15 is 0 Å². The van der Waals surface area contributed by atoms with E-state index in [4.69, 9.17) is 4.74 Å². The van der Waals surface area contributed by atoms with Gasteiger partial charge in [0.25, 0.3) is 5.91 Å². The van der Waals surface area contributed by atoms with Gasteiger partial charge in [-0.3, -0.25) is 4.79 Å². The van der Waals surface area contributed by atoms with Gasteiger partial charge in [0.1, 0.15) is 4.88 Å². The van der Waals surface area contributed by atoms with Crippen molar-refractivity contribution >= 4 is 66.8 Å². The van der Waals surface area contributed by atoms with Crippen molar-refractivity contribution in [2.45, 2.75) is 0 Å². The van der Waals surface area contributed by atoms with Crippen molar-refractivity contribution in [1.29, 1.82) is 0 Å². The number of carbonyl (C=O) groups excluding carboxylic acids is 2. The Kier molecular flexibility index (Phi) is 6.39. The normalized spacial score (nSPS) is 14.9. The highest BCUT2D eigenvalue weighted by atomic mass is 79.9. The summed E-state index contributed by atoms with van der Waals surface area (Å²) in [5, 5.41) is 0. The monoisotopic (exact) mass is 457 g/mol. The minimum atomic E-state index is -0.489. The summed E-state index contributed by atoms with van der Waals surface area (Å²) < 4.78 is 11.4. The number of halogens is 2. The van der Waals surface area contributed by atoms with Crippen LogP contribution in [0.3, 0.4) is 0 Å². The van der Waals surface area contributed by atoms with E-state index in [9.17, 15) is 9.59 Å². The Morgan fingerprint density at radius 3 is 2.57 bits per heavy atom. The molecule has 9 heteroatoms. The molecule has 0 bridgehead atoms. The summed E-state index contributed by atoms with van der Waals surface area (Å²) in [6, 6.07) is 0. The minimum absolute atomic E-state index is 0.0634. The molecule has 1 aliphatic heterocycles. The molecule has 0 radical (unpaired) electrons. The van der Waals surface area contributed by atoms with Crippen LogP contribution >= 0.6 is 55.0 Å². The van der Waals surface area contributed by atoms with Crippen LogP contribution < -0.4 is 4.74 Å². The van der Waals surface area contributed by atoms with Gasteiger partial charge in [0.05, 0.1) is 15.4 Å². The highest BCUT2D eigenvalue weighted by molar-refractivity contribution is 9.13. The van der Waals surface area contributed by atoms with E-state index < -0.39 is 5.97 Å². The van der Waals surface area contributed by atoms with Gasteiger partial charge in [0.15, 0.2) is 12.4 Å². The third kappa shape index (κ3) is 4.14. The number of ether oxygens (including phenoxy) is 2. The first-order valence-electron chi connectivity index (χ1n) is 6.09. The third-order valence-electron chi connectivity index (χ3n) is 2.82. The molecule has 1 amide bonds. The van der Waals surface area contributed by atoms with Crippen LogP contribution in [0.1, 0.15) is 9.67 Å². The molecule has 5 nitrogen and oxygen atoms in total. The number of methoxy groups -OCH3 is 1. The summed E-state index contributed by atoms with van der Waals surface area (Å²) >= 11 is 9.90. The maximum absolute atomic E-state index is 12.6. The Labute approximate surface area is 147 Å². The maximum atomic E-state index is 12.6. The first-order chi connectivity index (χ1) is 10.0. The number of rotatable bonds is 4. The smallest absolute Gasteiger partial charge is 0.343 e. The van der Waals surface area contributed by atoms with Crippen molar-refractivity contribution in [3.63, 3.8) is 0 Å². The fourth-order valence-electron chi connectivity index (χ4n) is 1.74. The van der Waals surface area contributed by atoms with Gasteiger partial charge in [-0.25, -0.2) is 4.79 Å². The van der Waals surface area contributed by atoms with Crippen LogP contribution in [-0.2, 0) is 9.53 Å². The number of nitrogens with zero attached hydrogens (tertiary/aromatic N) is 1.